The lowest BCUT2D eigenvalue weighted by atomic mass is 9.42. The van der Waals surface area contributed by atoms with Crippen LogP contribution < -0.4 is 5.32 Å². The number of carbonyl (C=O) groups is 2. The van der Waals surface area contributed by atoms with Crippen molar-refractivity contribution >= 4 is 11.7 Å². The number of aliphatic hydroxyl groups is 1. The zero-order valence-electron chi connectivity index (χ0n) is 27.9. The van der Waals surface area contributed by atoms with Gasteiger partial charge in [-0.05, 0) is 96.5 Å². The molecule has 4 aliphatic carbocycles. The Hall–Kier alpha value is -2.46. The van der Waals surface area contributed by atoms with E-state index in [4.69, 9.17) is 0 Å². The molecule has 244 valence electrons. The first-order chi connectivity index (χ1) is 21.8. The average molecular weight is 612 g/mol. The largest absolute Gasteiger partial charge is 0.393 e. The number of carbonyl (C=O) groups excluding carboxylic acids is 2. The second-order valence-electron chi connectivity index (χ2n) is 15.9. The van der Waals surface area contributed by atoms with Gasteiger partial charge in [-0.3, -0.25) is 9.59 Å². The van der Waals surface area contributed by atoms with Gasteiger partial charge in [0.25, 0.3) is 0 Å². The molecule has 2 aromatic carbocycles. The van der Waals surface area contributed by atoms with Crippen molar-refractivity contribution in [2.75, 3.05) is 6.54 Å². The van der Waals surface area contributed by atoms with Crippen molar-refractivity contribution in [3.05, 3.63) is 71.8 Å². The summed E-state index contributed by atoms with van der Waals surface area (Å²) in [6, 6.07) is 20.9. The topological polar surface area (TPSA) is 66.4 Å². The van der Waals surface area contributed by atoms with Crippen molar-refractivity contribution in [1.82, 2.24) is 5.32 Å². The van der Waals surface area contributed by atoms with Crippen LogP contribution in [0.4, 0.5) is 0 Å². The fourth-order valence-corrected chi connectivity index (χ4v) is 10.8. The number of hydrogen-bond donors (Lipinski definition) is 2. The van der Waals surface area contributed by atoms with Crippen LogP contribution in [0, 0.1) is 40.4 Å². The first-order valence-corrected chi connectivity index (χ1v) is 18.4. The summed E-state index contributed by atoms with van der Waals surface area (Å²) in [5.41, 5.74) is 2.87. The monoisotopic (exact) mass is 611 g/mol. The number of amides is 1. The van der Waals surface area contributed by atoms with Gasteiger partial charge in [0.1, 0.15) is 5.78 Å². The number of hydrogen-bond acceptors (Lipinski definition) is 3. The Labute approximate surface area is 272 Å². The molecule has 0 aromatic heterocycles. The summed E-state index contributed by atoms with van der Waals surface area (Å²) in [7, 11) is 0. The summed E-state index contributed by atoms with van der Waals surface area (Å²) in [6.45, 7) is 5.55. The van der Waals surface area contributed by atoms with Gasteiger partial charge in [0, 0.05) is 31.7 Å². The number of unbranched alkanes of at least 4 members (excludes halogenated alkanes) is 4. The van der Waals surface area contributed by atoms with Gasteiger partial charge in [0.05, 0.1) is 6.10 Å². The fourth-order valence-electron chi connectivity index (χ4n) is 10.8. The van der Waals surface area contributed by atoms with Gasteiger partial charge in [0.15, 0.2) is 0 Å². The molecule has 0 saturated heterocycles. The summed E-state index contributed by atoms with van der Waals surface area (Å²) in [6.07, 6.45) is 15.9. The first kappa shape index (κ1) is 32.5. The molecule has 1 amide bonds. The van der Waals surface area contributed by atoms with Gasteiger partial charge in [-0.1, -0.05) is 107 Å². The molecule has 45 heavy (non-hydrogen) atoms. The minimum absolute atomic E-state index is 0.0931. The van der Waals surface area contributed by atoms with Crippen molar-refractivity contribution in [3.63, 3.8) is 0 Å². The van der Waals surface area contributed by atoms with Crippen molar-refractivity contribution < 1.29 is 14.7 Å². The van der Waals surface area contributed by atoms with Crippen LogP contribution in [-0.2, 0) is 9.59 Å². The molecule has 6 rings (SSSR count). The molecule has 3 unspecified atom stereocenters. The molecule has 0 aliphatic heterocycles. The highest BCUT2D eigenvalue weighted by Crippen LogP contribution is 2.67. The number of aliphatic hydroxyl groups excluding tert-OH is 1. The molecule has 0 radical (unpaired) electrons. The van der Waals surface area contributed by atoms with E-state index in [1.807, 2.05) is 12.1 Å². The van der Waals surface area contributed by atoms with Gasteiger partial charge >= 0.3 is 0 Å². The predicted octanol–water partition coefficient (Wildman–Crippen LogP) is 8.86. The summed E-state index contributed by atoms with van der Waals surface area (Å²) >= 11 is 0. The lowest BCUT2D eigenvalue weighted by Crippen LogP contribution is -2.57. The lowest BCUT2D eigenvalue weighted by Gasteiger charge is -2.62. The van der Waals surface area contributed by atoms with E-state index < -0.39 is 0 Å². The molecule has 4 fully saturated rings. The second-order valence-corrected chi connectivity index (χ2v) is 15.9. The third-order valence-corrected chi connectivity index (χ3v) is 13.5. The van der Waals surface area contributed by atoms with Crippen molar-refractivity contribution in [2.24, 2.45) is 40.4 Å². The van der Waals surface area contributed by atoms with Crippen LogP contribution in [0.2, 0.25) is 0 Å². The number of rotatable bonds is 12. The highest BCUT2D eigenvalue weighted by atomic mass is 16.3. The number of ketones is 1. The van der Waals surface area contributed by atoms with Crippen LogP contribution in [0.25, 0.3) is 0 Å². The standard InChI is InChI=1S/C41H57NO3/c1-40-24-22-33(43)27-32(40)26-31(39-35-20-21-37(44)41(35,2)25-23-36(39)40)18-8-4-3-5-13-19-38(45)42-28-34(29-14-9-6-10-15-29)30-16-11-7-12-17-30/h6-7,9-12,14-17,31-32,34-37,39,44H,3-5,8,13,18-28H2,1-2H3,(H,42,45)/t31?,32?,35-,36+,37?,39-,40-,41-/m0/s1. The van der Waals surface area contributed by atoms with Gasteiger partial charge < -0.3 is 10.4 Å². The molecule has 2 aromatic rings. The number of Topliss-reactive ketones (excluding diaryl/α,β-unsaturated/α-hetero) is 1. The van der Waals surface area contributed by atoms with Gasteiger partial charge in [0.2, 0.25) is 5.91 Å². The SMILES string of the molecule is C[C@]12CCC(=O)CC1CC(CCCCCCCC(=O)NCC(c1ccccc1)c1ccccc1)[C@@H]1[C@H]2CC[C@]2(C)C(O)CC[C@@H]12. The second kappa shape index (κ2) is 14.1. The normalized spacial score (nSPS) is 34.2. The number of nitrogens with one attached hydrogen (secondary N) is 1. The van der Waals surface area contributed by atoms with Crippen LogP contribution in [0.1, 0.15) is 127 Å². The van der Waals surface area contributed by atoms with Crippen molar-refractivity contribution in [1.29, 1.82) is 0 Å². The van der Waals surface area contributed by atoms with E-state index in [1.165, 1.54) is 56.1 Å². The number of fused-ring (bicyclic) bond motifs is 5. The van der Waals surface area contributed by atoms with E-state index in [9.17, 15) is 14.7 Å². The molecular formula is C41H57NO3. The predicted molar refractivity (Wildman–Crippen MR) is 182 cm³/mol. The minimum Gasteiger partial charge on any atom is -0.393 e. The van der Waals surface area contributed by atoms with Crippen LogP contribution in [0.5, 0.6) is 0 Å². The summed E-state index contributed by atoms with van der Waals surface area (Å²) in [5, 5.41) is 14.2. The van der Waals surface area contributed by atoms with E-state index in [0.717, 1.165) is 56.8 Å². The lowest BCUT2D eigenvalue weighted by molar-refractivity contribution is -0.156. The van der Waals surface area contributed by atoms with Crippen molar-refractivity contribution in [2.45, 2.75) is 122 Å². The summed E-state index contributed by atoms with van der Waals surface area (Å²) in [4.78, 5) is 25.3. The third-order valence-electron chi connectivity index (χ3n) is 13.5. The van der Waals surface area contributed by atoms with Crippen LogP contribution in [0.3, 0.4) is 0 Å². The molecule has 4 aliphatic rings. The molecule has 0 heterocycles. The summed E-state index contributed by atoms with van der Waals surface area (Å²) < 4.78 is 0. The highest BCUT2D eigenvalue weighted by molar-refractivity contribution is 5.79. The molecule has 2 N–H and O–H groups in total. The Bertz CT molecular complexity index is 1240. The van der Waals surface area contributed by atoms with E-state index >= 15 is 0 Å². The quantitative estimate of drug-likeness (QED) is 0.236. The first-order valence-electron chi connectivity index (χ1n) is 18.4. The Morgan fingerprint density at radius 3 is 2.20 bits per heavy atom. The smallest absolute Gasteiger partial charge is 0.220 e. The Morgan fingerprint density at radius 2 is 1.49 bits per heavy atom. The summed E-state index contributed by atoms with van der Waals surface area (Å²) in [5.74, 6) is 4.15. The molecule has 0 spiro atoms. The van der Waals surface area contributed by atoms with Gasteiger partial charge in [-0.15, -0.1) is 0 Å². The van der Waals surface area contributed by atoms with Gasteiger partial charge in [-0.25, -0.2) is 0 Å². The number of benzene rings is 2. The molecule has 4 nitrogen and oxygen atoms in total. The average Bonchev–Trinajstić information content (AvgIpc) is 3.36. The molecule has 4 heteroatoms. The Balaban J connectivity index is 0.963. The highest BCUT2D eigenvalue weighted by Gasteiger charge is 2.62. The minimum atomic E-state index is -0.137. The van der Waals surface area contributed by atoms with Crippen LogP contribution in [-0.4, -0.2) is 29.4 Å². The molecule has 0 bridgehead atoms. The molecular weight excluding hydrogens is 554 g/mol. The van der Waals surface area contributed by atoms with E-state index in [-0.39, 0.29) is 23.3 Å². The van der Waals surface area contributed by atoms with Crippen LogP contribution >= 0.6 is 0 Å². The zero-order chi connectivity index (χ0) is 31.4. The maximum atomic E-state index is 12.8. The fraction of sp³-hybridized carbons (Fsp3) is 0.659. The van der Waals surface area contributed by atoms with E-state index in [1.54, 1.807) is 0 Å². The Morgan fingerprint density at radius 1 is 0.844 bits per heavy atom. The zero-order valence-corrected chi connectivity index (χ0v) is 27.9. The van der Waals surface area contributed by atoms with E-state index in [2.05, 4.69) is 67.7 Å². The van der Waals surface area contributed by atoms with Gasteiger partial charge in [-0.2, -0.15) is 0 Å². The maximum Gasteiger partial charge on any atom is 0.220 e. The molecule has 8 atom stereocenters. The van der Waals surface area contributed by atoms with Crippen LogP contribution in [0.15, 0.2) is 60.7 Å². The Kier molecular flexibility index (Phi) is 10.2. The van der Waals surface area contributed by atoms with E-state index in [0.29, 0.717) is 41.9 Å². The maximum absolute atomic E-state index is 12.8. The third kappa shape index (κ3) is 6.83. The molecule has 4 saturated carbocycles. The van der Waals surface area contributed by atoms with Crippen molar-refractivity contribution in [3.8, 4) is 0 Å².